The van der Waals surface area contributed by atoms with E-state index in [-0.39, 0.29) is 10.5 Å². The molecule has 0 amide bonds. The van der Waals surface area contributed by atoms with E-state index in [1.807, 2.05) is 19.0 Å². The Morgan fingerprint density at radius 2 is 2.06 bits per heavy atom. The second kappa shape index (κ2) is 5.24. The fourth-order valence-corrected chi connectivity index (χ4v) is 2.04. The molecule has 1 aromatic heterocycles. The molecule has 7 heteroatoms. The molecule has 0 aliphatic rings. The van der Waals surface area contributed by atoms with Crippen LogP contribution in [0.2, 0.25) is 0 Å². The summed E-state index contributed by atoms with van der Waals surface area (Å²) in [6.45, 7) is 0.942. The molecule has 0 aromatic carbocycles. The van der Waals surface area contributed by atoms with Gasteiger partial charge in [0.1, 0.15) is 0 Å². The van der Waals surface area contributed by atoms with Gasteiger partial charge in [-0.1, -0.05) is 0 Å². The van der Waals surface area contributed by atoms with Crippen LogP contribution in [0.4, 0.5) is 0 Å². The standard InChI is InChI=1S/C9H15N3O3S/c1-12(2)6-5-11-16(14,15)8-3-4-9(13)10-7-8/h3-4,7,11H,5-6H2,1-2H3,(H,10,13). The zero-order chi connectivity index (χ0) is 12.2. The second-order valence-electron chi connectivity index (χ2n) is 3.59. The number of hydrogen-bond donors (Lipinski definition) is 2. The average Bonchev–Trinajstić information content (AvgIpc) is 2.17. The van der Waals surface area contributed by atoms with Gasteiger partial charge in [-0.15, -0.1) is 0 Å². The van der Waals surface area contributed by atoms with Crippen LogP contribution in [0.15, 0.2) is 28.0 Å². The van der Waals surface area contributed by atoms with Crippen molar-refractivity contribution in [3.8, 4) is 0 Å². The van der Waals surface area contributed by atoms with Gasteiger partial charge in [0.05, 0.1) is 4.90 Å². The Labute approximate surface area is 94.3 Å². The van der Waals surface area contributed by atoms with Crippen molar-refractivity contribution in [3.63, 3.8) is 0 Å². The molecule has 1 aromatic rings. The highest BCUT2D eigenvalue weighted by Crippen LogP contribution is 2.02. The van der Waals surface area contributed by atoms with E-state index in [9.17, 15) is 13.2 Å². The summed E-state index contributed by atoms with van der Waals surface area (Å²) < 4.78 is 25.8. The molecule has 0 bridgehead atoms. The number of rotatable bonds is 5. The number of aromatic nitrogens is 1. The highest BCUT2D eigenvalue weighted by Gasteiger charge is 2.12. The minimum atomic E-state index is -3.52. The molecule has 0 spiro atoms. The first-order chi connectivity index (χ1) is 7.42. The Balaban J connectivity index is 2.71. The van der Waals surface area contributed by atoms with Crippen molar-refractivity contribution in [1.82, 2.24) is 14.6 Å². The topological polar surface area (TPSA) is 82.3 Å². The number of likely N-dealkylation sites (N-methyl/N-ethyl adjacent to an activating group) is 1. The van der Waals surface area contributed by atoms with E-state index in [2.05, 4.69) is 9.71 Å². The molecule has 2 N–H and O–H groups in total. The fraction of sp³-hybridized carbons (Fsp3) is 0.444. The van der Waals surface area contributed by atoms with Gasteiger partial charge in [-0.3, -0.25) is 4.79 Å². The van der Waals surface area contributed by atoms with Gasteiger partial charge in [0, 0.05) is 25.4 Å². The normalized spacial score (nSPS) is 11.9. The summed E-state index contributed by atoms with van der Waals surface area (Å²) in [4.78, 5) is 15.0. The van der Waals surface area contributed by atoms with E-state index in [0.29, 0.717) is 13.1 Å². The quantitative estimate of drug-likeness (QED) is 0.712. The van der Waals surface area contributed by atoms with E-state index in [4.69, 9.17) is 0 Å². The molecule has 16 heavy (non-hydrogen) atoms. The Hall–Kier alpha value is -1.18. The van der Waals surface area contributed by atoms with Crippen LogP contribution in [0, 0.1) is 0 Å². The summed E-state index contributed by atoms with van der Waals surface area (Å²) in [5.41, 5.74) is -0.327. The molecular weight excluding hydrogens is 230 g/mol. The van der Waals surface area contributed by atoms with Crippen molar-refractivity contribution in [2.75, 3.05) is 27.2 Å². The summed E-state index contributed by atoms with van der Waals surface area (Å²) in [5.74, 6) is 0. The largest absolute Gasteiger partial charge is 0.328 e. The first kappa shape index (κ1) is 12.9. The maximum Gasteiger partial charge on any atom is 0.247 e. The number of nitrogens with one attached hydrogen (secondary N) is 2. The van der Waals surface area contributed by atoms with E-state index < -0.39 is 10.0 Å². The number of sulfonamides is 1. The molecule has 1 rings (SSSR count). The number of H-pyrrole nitrogens is 1. The molecule has 0 radical (unpaired) electrons. The van der Waals surface area contributed by atoms with Gasteiger partial charge in [-0.25, -0.2) is 13.1 Å². The van der Waals surface area contributed by atoms with Crippen LogP contribution in [0.3, 0.4) is 0 Å². The summed E-state index contributed by atoms with van der Waals surface area (Å²) in [5, 5.41) is 0. The molecular formula is C9H15N3O3S. The zero-order valence-electron chi connectivity index (χ0n) is 9.23. The number of aromatic amines is 1. The van der Waals surface area contributed by atoms with E-state index in [1.165, 1.54) is 18.3 Å². The van der Waals surface area contributed by atoms with Gasteiger partial charge in [-0.05, 0) is 20.2 Å². The van der Waals surface area contributed by atoms with E-state index in [0.717, 1.165) is 0 Å². The van der Waals surface area contributed by atoms with Crippen LogP contribution in [-0.2, 0) is 10.0 Å². The first-order valence-corrected chi connectivity index (χ1v) is 6.23. The van der Waals surface area contributed by atoms with Crippen molar-refractivity contribution >= 4 is 10.0 Å². The van der Waals surface area contributed by atoms with Crippen LogP contribution in [0.5, 0.6) is 0 Å². The molecule has 0 atom stereocenters. The Morgan fingerprint density at radius 3 is 2.56 bits per heavy atom. The Kier molecular flexibility index (Phi) is 4.22. The summed E-state index contributed by atoms with van der Waals surface area (Å²) in [6.07, 6.45) is 1.18. The van der Waals surface area contributed by atoms with Gasteiger partial charge in [-0.2, -0.15) is 0 Å². The molecule has 0 saturated heterocycles. The zero-order valence-corrected chi connectivity index (χ0v) is 10.0. The SMILES string of the molecule is CN(C)CCNS(=O)(=O)c1ccc(=O)[nH]c1. The lowest BCUT2D eigenvalue weighted by Gasteiger charge is -2.10. The smallest absolute Gasteiger partial charge is 0.247 e. The number of pyridine rings is 1. The minimum absolute atomic E-state index is 0.0610. The van der Waals surface area contributed by atoms with Crippen LogP contribution < -0.4 is 10.3 Å². The van der Waals surface area contributed by atoms with Crippen LogP contribution in [0.25, 0.3) is 0 Å². The lowest BCUT2D eigenvalue weighted by Crippen LogP contribution is -2.31. The minimum Gasteiger partial charge on any atom is -0.328 e. The molecule has 0 saturated carbocycles. The van der Waals surface area contributed by atoms with Gasteiger partial charge in [0.2, 0.25) is 15.6 Å². The van der Waals surface area contributed by atoms with Crippen molar-refractivity contribution in [1.29, 1.82) is 0 Å². The van der Waals surface area contributed by atoms with E-state index in [1.54, 1.807) is 0 Å². The Bertz CT molecular complexity index is 472. The van der Waals surface area contributed by atoms with E-state index >= 15 is 0 Å². The third-order valence-electron chi connectivity index (χ3n) is 1.92. The van der Waals surface area contributed by atoms with Crippen LogP contribution in [-0.4, -0.2) is 45.5 Å². The summed E-state index contributed by atoms with van der Waals surface area (Å²) in [6, 6.07) is 2.46. The Morgan fingerprint density at radius 1 is 1.38 bits per heavy atom. The maximum atomic E-state index is 11.7. The molecule has 90 valence electrons. The average molecular weight is 245 g/mol. The monoisotopic (exact) mass is 245 g/mol. The van der Waals surface area contributed by atoms with Gasteiger partial charge in [0.25, 0.3) is 0 Å². The highest BCUT2D eigenvalue weighted by molar-refractivity contribution is 7.89. The molecule has 0 aliphatic carbocycles. The van der Waals surface area contributed by atoms with Crippen LogP contribution in [0.1, 0.15) is 0 Å². The molecule has 0 fully saturated rings. The van der Waals surface area contributed by atoms with Crippen LogP contribution >= 0.6 is 0 Å². The van der Waals surface area contributed by atoms with Crippen molar-refractivity contribution < 1.29 is 8.42 Å². The first-order valence-electron chi connectivity index (χ1n) is 4.75. The van der Waals surface area contributed by atoms with Gasteiger partial charge in [0.15, 0.2) is 0 Å². The summed E-state index contributed by atoms with van der Waals surface area (Å²) in [7, 11) is 0.191. The number of hydrogen-bond acceptors (Lipinski definition) is 4. The third-order valence-corrected chi connectivity index (χ3v) is 3.38. The molecule has 6 nitrogen and oxygen atoms in total. The fourth-order valence-electron chi connectivity index (χ4n) is 1.05. The molecule has 0 unspecified atom stereocenters. The van der Waals surface area contributed by atoms with Crippen molar-refractivity contribution in [3.05, 3.63) is 28.7 Å². The molecule has 0 aliphatic heterocycles. The van der Waals surface area contributed by atoms with Gasteiger partial charge >= 0.3 is 0 Å². The lowest BCUT2D eigenvalue weighted by molar-refractivity contribution is 0.412. The van der Waals surface area contributed by atoms with Crippen molar-refractivity contribution in [2.24, 2.45) is 0 Å². The second-order valence-corrected chi connectivity index (χ2v) is 5.36. The predicted molar refractivity (Wildman–Crippen MR) is 60.8 cm³/mol. The highest BCUT2D eigenvalue weighted by atomic mass is 32.2. The van der Waals surface area contributed by atoms with Gasteiger partial charge < -0.3 is 9.88 Å². The number of nitrogens with zero attached hydrogens (tertiary/aromatic N) is 1. The molecule has 1 heterocycles. The third kappa shape index (κ3) is 3.76. The lowest BCUT2D eigenvalue weighted by atomic mass is 10.5. The predicted octanol–water partition coefficient (Wildman–Crippen LogP) is -0.785. The summed E-state index contributed by atoms with van der Waals surface area (Å²) >= 11 is 0. The van der Waals surface area contributed by atoms with Crippen molar-refractivity contribution in [2.45, 2.75) is 4.90 Å². The maximum absolute atomic E-state index is 11.7.